The van der Waals surface area contributed by atoms with E-state index in [1.807, 2.05) is 13.0 Å². The quantitative estimate of drug-likeness (QED) is 0.152. The lowest BCUT2D eigenvalue weighted by Gasteiger charge is -2.47. The molecule has 64 heavy (non-hydrogen) atoms. The molecule has 0 radical (unpaired) electrons. The molecule has 15 atom stereocenters. The Bertz CT molecular complexity index is 1820. The monoisotopic (exact) mass is 901 g/mol. The molecule has 4 aliphatic rings. The molecule has 15 unspecified atom stereocenters. The number of benzene rings is 1. The summed E-state index contributed by atoms with van der Waals surface area (Å²) in [6.07, 6.45) is -0.0171. The molecule has 5 rings (SSSR count). The van der Waals surface area contributed by atoms with Crippen LogP contribution < -0.4 is 4.74 Å². The highest BCUT2D eigenvalue weighted by molar-refractivity contribution is 6.39. The lowest BCUT2D eigenvalue weighted by atomic mass is 9.81. The summed E-state index contributed by atoms with van der Waals surface area (Å²) in [5.74, 6) is -8.46. The third-order valence-corrected chi connectivity index (χ3v) is 14.2. The normalized spacial score (nSPS) is 38.9. The molecule has 3 N–H and O–H groups in total. The van der Waals surface area contributed by atoms with Crippen molar-refractivity contribution in [1.29, 1.82) is 0 Å². The summed E-state index contributed by atoms with van der Waals surface area (Å²) in [4.78, 5) is 58.2. The van der Waals surface area contributed by atoms with Crippen molar-refractivity contribution in [3.63, 3.8) is 0 Å². The molecule has 358 valence electrons. The van der Waals surface area contributed by atoms with Crippen LogP contribution in [0.25, 0.3) is 0 Å². The number of fused-ring (bicyclic) bond motifs is 3. The molecule has 1 aromatic carbocycles. The molecule has 15 heteroatoms. The van der Waals surface area contributed by atoms with Crippen molar-refractivity contribution in [2.24, 2.45) is 29.6 Å². The minimum atomic E-state index is -2.62. The van der Waals surface area contributed by atoms with Gasteiger partial charge in [0.2, 0.25) is 5.79 Å². The number of hydrogen-bond acceptors (Lipinski definition) is 13. The zero-order valence-corrected chi connectivity index (χ0v) is 39.1. The average molecular weight is 902 g/mol. The number of halogens is 1. The first-order valence-electron chi connectivity index (χ1n) is 23.1. The van der Waals surface area contributed by atoms with E-state index in [9.17, 15) is 34.5 Å². The molecule has 1 saturated carbocycles. The van der Waals surface area contributed by atoms with Crippen molar-refractivity contribution in [3.05, 3.63) is 47.6 Å². The number of aromatic hydroxyl groups is 1. The Labute approximate surface area is 377 Å². The molecule has 1 amide bonds. The molecule has 0 aromatic heterocycles. The number of carbonyl (C=O) groups is 4. The Balaban J connectivity index is 1.50. The molecule has 3 heterocycles. The zero-order valence-electron chi connectivity index (χ0n) is 39.1. The molecule has 3 fully saturated rings. The molecule has 1 aromatic rings. The number of hydrogen-bond donors (Lipinski definition) is 3. The summed E-state index contributed by atoms with van der Waals surface area (Å²) in [6, 6.07) is 5.30. The highest BCUT2D eigenvalue weighted by atomic mass is 19.1. The van der Waals surface area contributed by atoms with Gasteiger partial charge >= 0.3 is 5.97 Å². The van der Waals surface area contributed by atoms with Crippen LogP contribution in [0.1, 0.15) is 106 Å². The molecule has 2 bridgehead atoms. The number of nitrogens with zero attached hydrogens (tertiary/aromatic N) is 1. The van der Waals surface area contributed by atoms with Crippen LogP contribution in [0, 0.1) is 29.6 Å². The van der Waals surface area contributed by atoms with E-state index in [4.69, 9.17) is 28.4 Å². The molecular weight excluding hydrogens is 830 g/mol. The van der Waals surface area contributed by atoms with Gasteiger partial charge in [-0.2, -0.15) is 0 Å². The van der Waals surface area contributed by atoms with E-state index in [1.165, 1.54) is 14.2 Å². The van der Waals surface area contributed by atoms with E-state index in [0.29, 0.717) is 55.4 Å². The van der Waals surface area contributed by atoms with E-state index in [0.717, 1.165) is 4.90 Å². The number of rotatable bonds is 8. The van der Waals surface area contributed by atoms with Crippen molar-refractivity contribution in [2.75, 3.05) is 27.9 Å². The van der Waals surface area contributed by atoms with Gasteiger partial charge in [-0.15, -0.1) is 0 Å². The first kappa shape index (κ1) is 51.3. The topological polar surface area (TPSA) is 188 Å². The first-order chi connectivity index (χ1) is 30.4. The van der Waals surface area contributed by atoms with Crippen LogP contribution in [0.3, 0.4) is 0 Å². The van der Waals surface area contributed by atoms with Crippen LogP contribution in [0.2, 0.25) is 0 Å². The van der Waals surface area contributed by atoms with E-state index >= 15 is 4.39 Å². The summed E-state index contributed by atoms with van der Waals surface area (Å²) < 4.78 is 52.5. The second-order valence-electron chi connectivity index (χ2n) is 18.7. The van der Waals surface area contributed by atoms with Crippen LogP contribution in [-0.4, -0.2) is 132 Å². The maximum absolute atomic E-state index is 16.3. The Morgan fingerprint density at radius 2 is 1.58 bits per heavy atom. The van der Waals surface area contributed by atoms with Gasteiger partial charge in [-0.1, -0.05) is 39.8 Å². The molecular formula is C49H72FNO13. The number of ether oxygens (including phenoxy) is 6. The summed E-state index contributed by atoms with van der Waals surface area (Å²) in [5, 5.41) is 33.6. The van der Waals surface area contributed by atoms with Gasteiger partial charge in [0.05, 0.1) is 24.4 Å². The molecule has 3 aliphatic heterocycles. The van der Waals surface area contributed by atoms with Crippen molar-refractivity contribution in [2.45, 2.75) is 166 Å². The maximum Gasteiger partial charge on any atom is 0.329 e. The van der Waals surface area contributed by atoms with Crippen LogP contribution in [0.5, 0.6) is 11.5 Å². The zero-order chi connectivity index (χ0) is 47.0. The Kier molecular flexibility index (Phi) is 18.1. The number of ketones is 2. The molecule has 2 saturated heterocycles. The minimum absolute atomic E-state index is 0.0415. The third-order valence-electron chi connectivity index (χ3n) is 14.2. The number of carbonyl (C=O) groups excluding carboxylic acids is 4. The number of phenolic OH excluding ortho intramolecular Hbond substituents is 1. The summed E-state index contributed by atoms with van der Waals surface area (Å²) in [7, 11) is 4.49. The maximum atomic E-state index is 16.3. The number of amides is 1. The SMILES string of the molecule is CCC1/C=C(\C)C(F)C(C)CC(OC)C2OC(O)(C(=O)C(=O)N3CCCCC3C(=O)OC(C(C)=CC3CCC(Oc4ccc(O)cc4)C(OC)C3)C(C)C(O)CC1=O)C(C)CC2OC. The summed E-state index contributed by atoms with van der Waals surface area (Å²) in [5.41, 5.74) is 0.949. The van der Waals surface area contributed by atoms with E-state index in [1.54, 1.807) is 72.1 Å². The fourth-order valence-electron chi connectivity index (χ4n) is 10.1. The number of allylic oxidation sites excluding steroid dienone is 3. The fraction of sp³-hybridized carbons (Fsp3) is 0.714. The van der Waals surface area contributed by atoms with Gasteiger partial charge in [0.15, 0.2) is 0 Å². The lowest BCUT2D eigenvalue weighted by Crippen LogP contribution is -2.64. The van der Waals surface area contributed by atoms with Crippen molar-refractivity contribution < 1.29 is 67.3 Å². The van der Waals surface area contributed by atoms with Crippen LogP contribution in [0.4, 0.5) is 4.39 Å². The third kappa shape index (κ3) is 11.8. The first-order valence-corrected chi connectivity index (χ1v) is 23.1. The number of aliphatic hydroxyl groups is 2. The minimum Gasteiger partial charge on any atom is -0.508 e. The predicted octanol–water partition coefficient (Wildman–Crippen LogP) is 6.21. The number of methoxy groups -OCH3 is 3. The van der Waals surface area contributed by atoms with E-state index in [-0.39, 0.29) is 61.9 Å². The number of alkyl halides is 1. The van der Waals surface area contributed by atoms with Gasteiger partial charge in [-0.25, -0.2) is 9.18 Å². The number of phenols is 1. The number of piperidine rings is 1. The number of cyclic esters (lactones) is 1. The predicted molar refractivity (Wildman–Crippen MR) is 235 cm³/mol. The van der Waals surface area contributed by atoms with Gasteiger partial charge in [-0.05, 0) is 119 Å². The highest BCUT2D eigenvalue weighted by Gasteiger charge is 2.57. The van der Waals surface area contributed by atoms with Crippen LogP contribution in [-0.2, 0) is 42.9 Å². The summed E-state index contributed by atoms with van der Waals surface area (Å²) in [6.45, 7) is 10.3. The van der Waals surface area contributed by atoms with Crippen molar-refractivity contribution in [1.82, 2.24) is 4.90 Å². The Morgan fingerprint density at radius 3 is 2.22 bits per heavy atom. The van der Waals surface area contributed by atoms with Gasteiger partial charge < -0.3 is 48.6 Å². The molecule has 0 spiro atoms. The number of esters is 1. The largest absolute Gasteiger partial charge is 0.508 e. The van der Waals surface area contributed by atoms with Crippen LogP contribution >= 0.6 is 0 Å². The van der Waals surface area contributed by atoms with Crippen molar-refractivity contribution in [3.8, 4) is 11.5 Å². The summed E-state index contributed by atoms with van der Waals surface area (Å²) >= 11 is 0. The smallest absolute Gasteiger partial charge is 0.329 e. The second-order valence-corrected chi connectivity index (χ2v) is 18.7. The standard InChI is InChI=1S/C49H72FNO13/c1-10-33-22-27(2)43(50)28(3)23-41(60-8)45-42(61-9)24-30(5)49(58,64-45)46(55)47(56)51-20-12-11-13-36(51)48(57)63-44(31(6)37(53)26-38(33)54)29(4)21-32-14-19-39(40(25-32)59-7)62-35-17-15-34(52)16-18-35/h15-18,21-22,28,30-33,36-37,39-45,52-53,58H,10-14,19-20,23-26H2,1-9H3/b27-22+,29-21?. The number of aliphatic hydroxyl groups excluding tert-OH is 1. The van der Waals surface area contributed by atoms with Crippen molar-refractivity contribution >= 4 is 23.4 Å². The van der Waals surface area contributed by atoms with Gasteiger partial charge in [0, 0.05) is 52.0 Å². The molecule has 1 aliphatic carbocycles. The fourth-order valence-corrected chi connectivity index (χ4v) is 10.1. The molecule has 14 nitrogen and oxygen atoms in total. The lowest BCUT2D eigenvalue weighted by molar-refractivity contribution is -0.302. The van der Waals surface area contributed by atoms with Crippen LogP contribution in [0.15, 0.2) is 47.6 Å². The van der Waals surface area contributed by atoms with E-state index < -0.39 is 89.9 Å². The highest BCUT2D eigenvalue weighted by Crippen LogP contribution is 2.40. The average Bonchev–Trinajstić information content (AvgIpc) is 3.29. The number of Topliss-reactive ketones (excluding diaryl/α,β-unsaturated/α-hetero) is 2. The van der Waals surface area contributed by atoms with Gasteiger partial charge in [0.1, 0.15) is 47.8 Å². The van der Waals surface area contributed by atoms with Gasteiger partial charge in [0.25, 0.3) is 11.7 Å². The Morgan fingerprint density at radius 1 is 0.922 bits per heavy atom. The second kappa shape index (κ2) is 22.6. The Hall–Kier alpha value is -3.73. The van der Waals surface area contributed by atoms with Gasteiger partial charge in [-0.3, -0.25) is 14.4 Å². The van der Waals surface area contributed by atoms with E-state index in [2.05, 4.69) is 0 Å².